The molecule has 3 fully saturated rings. The fraction of sp³-hybridized carbons (Fsp3) is 0.486. The summed E-state index contributed by atoms with van der Waals surface area (Å²) < 4.78 is 64.5. The first-order valence-corrected chi connectivity index (χ1v) is 18.4. The Morgan fingerprint density at radius 3 is 2.35 bits per heavy atom. The Balaban J connectivity index is 1.18. The molecule has 1 saturated carbocycles. The topological polar surface area (TPSA) is 109 Å². The van der Waals surface area contributed by atoms with Gasteiger partial charge in [-0.05, 0) is 73.2 Å². The Labute approximate surface area is 286 Å². The third-order valence-corrected chi connectivity index (χ3v) is 11.9. The van der Waals surface area contributed by atoms with Crippen LogP contribution in [0.4, 0.5) is 8.78 Å². The number of ether oxygens (including phenoxy) is 1. The molecule has 0 radical (unpaired) electrons. The van der Waals surface area contributed by atoms with Crippen molar-refractivity contribution in [2.45, 2.75) is 68.0 Å². The molecule has 48 heavy (non-hydrogen) atoms. The molecular weight excluding hydrogens is 660 g/mol. The Kier molecular flexibility index (Phi) is 10.7. The molecule has 2 aromatic carbocycles. The molecule has 0 spiro atoms. The zero-order valence-electron chi connectivity index (χ0n) is 26.8. The highest BCUT2D eigenvalue weighted by molar-refractivity contribution is 7.89. The number of benzene rings is 2. The van der Waals surface area contributed by atoms with E-state index in [-0.39, 0.29) is 31.0 Å². The Hall–Kier alpha value is -3.16. The lowest BCUT2D eigenvalue weighted by Gasteiger charge is -2.43. The molecule has 3 aliphatic rings. The van der Waals surface area contributed by atoms with Crippen LogP contribution in [0, 0.1) is 5.92 Å². The number of piperazine rings is 1. The summed E-state index contributed by atoms with van der Waals surface area (Å²) in [6, 6.07) is 14.9. The maximum absolute atomic E-state index is 14.6. The minimum Gasteiger partial charge on any atom is -0.493 e. The van der Waals surface area contributed by atoms with Crippen molar-refractivity contribution in [3.05, 3.63) is 77.4 Å². The number of carbonyl (C=O) groups excluding carboxylic acids is 1. The summed E-state index contributed by atoms with van der Waals surface area (Å²) in [5.41, 5.74) is 8.20. The van der Waals surface area contributed by atoms with Crippen molar-refractivity contribution in [3.8, 4) is 17.0 Å². The summed E-state index contributed by atoms with van der Waals surface area (Å²) in [6.45, 7) is 0.565. The largest absolute Gasteiger partial charge is 0.493 e. The van der Waals surface area contributed by atoms with Gasteiger partial charge in [0.05, 0.1) is 29.8 Å². The number of hydrogen-bond acceptors (Lipinski definition) is 7. The van der Waals surface area contributed by atoms with E-state index in [2.05, 4.69) is 4.98 Å². The summed E-state index contributed by atoms with van der Waals surface area (Å²) >= 11 is 6.01. The highest BCUT2D eigenvalue weighted by Crippen LogP contribution is 2.31. The van der Waals surface area contributed by atoms with Crippen LogP contribution in [0.25, 0.3) is 11.3 Å². The number of rotatable bonds is 9. The monoisotopic (exact) mass is 701 g/mol. The molecule has 1 aliphatic carbocycles. The molecule has 3 aromatic rings. The second-order valence-corrected chi connectivity index (χ2v) is 15.5. The van der Waals surface area contributed by atoms with Crippen LogP contribution in [-0.2, 0) is 21.4 Å². The number of nitrogens with zero attached hydrogens (tertiary/aromatic N) is 4. The van der Waals surface area contributed by atoms with Crippen LogP contribution in [-0.4, -0.2) is 90.8 Å². The maximum Gasteiger partial charge on any atom is 0.280 e. The number of likely N-dealkylation sites (tertiary alicyclic amines) is 1. The van der Waals surface area contributed by atoms with Crippen LogP contribution in [0.5, 0.6) is 5.75 Å². The zero-order valence-corrected chi connectivity index (χ0v) is 28.4. The fourth-order valence-corrected chi connectivity index (χ4v) is 8.48. The predicted octanol–water partition coefficient (Wildman–Crippen LogP) is 5.43. The van der Waals surface area contributed by atoms with E-state index in [9.17, 15) is 22.0 Å². The second kappa shape index (κ2) is 14.8. The number of nitrogens with two attached hydrogens (primary N) is 1. The lowest BCUT2D eigenvalue weighted by Crippen LogP contribution is -2.64. The van der Waals surface area contributed by atoms with Crippen LogP contribution >= 0.6 is 11.6 Å². The molecule has 2 aliphatic heterocycles. The minimum absolute atomic E-state index is 0.0126. The molecule has 0 unspecified atom stereocenters. The van der Waals surface area contributed by atoms with E-state index in [1.54, 1.807) is 30.5 Å². The van der Waals surface area contributed by atoms with Crippen molar-refractivity contribution in [1.29, 1.82) is 0 Å². The van der Waals surface area contributed by atoms with Crippen LogP contribution < -0.4 is 10.5 Å². The van der Waals surface area contributed by atoms with E-state index in [1.165, 1.54) is 31.4 Å². The average Bonchev–Trinajstić information content (AvgIpc) is 3.09. The van der Waals surface area contributed by atoms with Crippen molar-refractivity contribution >= 4 is 27.5 Å². The predicted molar refractivity (Wildman–Crippen MR) is 180 cm³/mol. The van der Waals surface area contributed by atoms with Gasteiger partial charge in [-0.1, -0.05) is 49.1 Å². The normalized spacial score (nSPS) is 22.8. The SMILES string of the molecule is N[C@H]1CCN(C(=O)[C@@H]2CN(Cc3ccc(-c4ccc(Cl)cc4)nc3)CCN2S(=O)(=O)c2ccc(OCC3CCCCC3)cc2)CC1(F)F. The number of halogens is 3. The molecule has 0 bridgehead atoms. The first-order chi connectivity index (χ1) is 23.0. The van der Waals surface area contributed by atoms with Gasteiger partial charge >= 0.3 is 0 Å². The number of piperidine rings is 1. The van der Waals surface area contributed by atoms with Crippen LogP contribution in [0.15, 0.2) is 71.8 Å². The van der Waals surface area contributed by atoms with E-state index < -0.39 is 40.5 Å². The quantitative estimate of drug-likeness (QED) is 0.317. The number of hydrogen-bond donors (Lipinski definition) is 1. The van der Waals surface area contributed by atoms with Crippen molar-refractivity contribution in [3.63, 3.8) is 0 Å². The molecule has 1 aromatic heterocycles. The highest BCUT2D eigenvalue weighted by atomic mass is 35.5. The number of pyridine rings is 1. The lowest BCUT2D eigenvalue weighted by atomic mass is 9.90. The first-order valence-electron chi connectivity index (χ1n) is 16.6. The van der Waals surface area contributed by atoms with E-state index in [1.807, 2.05) is 29.2 Å². The summed E-state index contributed by atoms with van der Waals surface area (Å²) in [7, 11) is -4.15. The lowest BCUT2D eigenvalue weighted by molar-refractivity contribution is -0.149. The van der Waals surface area contributed by atoms with Crippen molar-refractivity contribution in [2.24, 2.45) is 11.7 Å². The van der Waals surface area contributed by atoms with E-state index in [4.69, 9.17) is 22.1 Å². The number of sulfonamides is 1. The van der Waals surface area contributed by atoms with Crippen molar-refractivity contribution in [1.82, 2.24) is 19.1 Å². The van der Waals surface area contributed by atoms with Gasteiger partial charge in [-0.15, -0.1) is 0 Å². The zero-order chi connectivity index (χ0) is 33.9. The number of carbonyl (C=O) groups is 1. The Bertz CT molecular complexity index is 1660. The van der Waals surface area contributed by atoms with Gasteiger partial charge in [0.1, 0.15) is 11.8 Å². The van der Waals surface area contributed by atoms with Gasteiger partial charge in [0.2, 0.25) is 15.9 Å². The van der Waals surface area contributed by atoms with Gasteiger partial charge in [-0.2, -0.15) is 4.31 Å². The van der Waals surface area contributed by atoms with E-state index in [0.29, 0.717) is 36.4 Å². The van der Waals surface area contributed by atoms with Gasteiger partial charge in [0.25, 0.3) is 5.92 Å². The van der Waals surface area contributed by atoms with E-state index in [0.717, 1.165) is 38.9 Å². The maximum atomic E-state index is 14.6. The third kappa shape index (κ3) is 8.00. The summed E-state index contributed by atoms with van der Waals surface area (Å²) in [6.07, 6.45) is 7.59. The minimum atomic E-state index is -4.15. The Morgan fingerprint density at radius 1 is 0.958 bits per heavy atom. The molecule has 1 amide bonds. The molecule has 258 valence electrons. The molecule has 3 heterocycles. The number of amides is 1. The molecule has 6 rings (SSSR count). The number of aromatic nitrogens is 1. The van der Waals surface area contributed by atoms with Gasteiger partial charge in [-0.3, -0.25) is 14.7 Å². The molecule has 9 nitrogen and oxygen atoms in total. The molecular formula is C35H42ClF2N5O4S. The van der Waals surface area contributed by atoms with Crippen LogP contribution in [0.2, 0.25) is 5.02 Å². The van der Waals surface area contributed by atoms with Crippen LogP contribution in [0.3, 0.4) is 0 Å². The summed E-state index contributed by atoms with van der Waals surface area (Å²) in [5, 5.41) is 0.632. The molecule has 2 N–H and O–H groups in total. The smallest absolute Gasteiger partial charge is 0.280 e. The number of alkyl halides is 2. The van der Waals surface area contributed by atoms with Crippen LogP contribution in [0.1, 0.15) is 44.1 Å². The van der Waals surface area contributed by atoms with E-state index >= 15 is 0 Å². The second-order valence-electron chi connectivity index (χ2n) is 13.1. The third-order valence-electron chi connectivity index (χ3n) is 9.68. The van der Waals surface area contributed by atoms with Gasteiger partial charge in [0.15, 0.2) is 0 Å². The molecule has 2 saturated heterocycles. The van der Waals surface area contributed by atoms with Crippen molar-refractivity contribution in [2.75, 3.05) is 39.3 Å². The first kappa shape index (κ1) is 34.7. The van der Waals surface area contributed by atoms with Gasteiger partial charge < -0.3 is 15.4 Å². The van der Waals surface area contributed by atoms with Gasteiger partial charge in [-0.25, -0.2) is 17.2 Å². The van der Waals surface area contributed by atoms with Crippen molar-refractivity contribution < 1.29 is 26.7 Å². The average molecular weight is 702 g/mol. The summed E-state index contributed by atoms with van der Waals surface area (Å²) in [5.74, 6) is -2.84. The fourth-order valence-electron chi connectivity index (χ4n) is 6.79. The summed E-state index contributed by atoms with van der Waals surface area (Å²) in [4.78, 5) is 21.5. The molecule has 13 heteroatoms. The van der Waals surface area contributed by atoms with Gasteiger partial charge in [0, 0.05) is 49.5 Å². The highest BCUT2D eigenvalue weighted by Gasteiger charge is 2.48. The Morgan fingerprint density at radius 2 is 1.69 bits per heavy atom. The standard InChI is InChI=1S/C35H42ClF2N5O4S/c36-28-9-7-27(8-10-28)31-15-6-26(20-40-31)21-41-18-19-43(32(22-41)34(44)42-17-16-33(39)35(37,38)24-42)48(45,46)30-13-11-29(12-14-30)47-23-25-4-2-1-3-5-25/h6-15,20,25,32-33H,1-5,16-19,21-24,39H2/t32-,33-/m0/s1. The molecule has 2 atom stereocenters.